The first-order valence-corrected chi connectivity index (χ1v) is 8.03. The molecule has 126 valence electrons. The molecule has 0 aliphatic carbocycles. The number of H-pyrrole nitrogens is 1. The molecule has 1 aliphatic rings. The molecule has 3 heterocycles. The van der Waals surface area contributed by atoms with E-state index in [-0.39, 0.29) is 11.6 Å². The lowest BCUT2D eigenvalue weighted by atomic mass is 10.1. The van der Waals surface area contributed by atoms with Crippen molar-refractivity contribution in [2.75, 3.05) is 31.1 Å². The number of fused-ring (bicyclic) bond motifs is 1. The fourth-order valence-corrected chi connectivity index (χ4v) is 2.98. The highest BCUT2D eigenvalue weighted by atomic mass is 16.2. The SMILES string of the molecule is O=C(c1nc(=O)[nH]c2ccccc12)N1CCN(c2ncccn2)CC1. The van der Waals surface area contributed by atoms with Crippen LogP contribution in [-0.4, -0.2) is 56.9 Å². The van der Waals surface area contributed by atoms with Gasteiger partial charge in [0.15, 0.2) is 0 Å². The third-order valence-corrected chi connectivity index (χ3v) is 4.24. The second kappa shape index (κ2) is 6.31. The molecule has 8 heteroatoms. The molecule has 2 aromatic heterocycles. The highest BCUT2D eigenvalue weighted by Gasteiger charge is 2.25. The van der Waals surface area contributed by atoms with Gasteiger partial charge in [0.25, 0.3) is 5.91 Å². The molecule has 1 amide bonds. The van der Waals surface area contributed by atoms with E-state index in [0.29, 0.717) is 43.0 Å². The molecule has 0 spiro atoms. The third-order valence-electron chi connectivity index (χ3n) is 4.24. The van der Waals surface area contributed by atoms with Crippen LogP contribution in [0.5, 0.6) is 0 Å². The molecule has 3 aromatic rings. The van der Waals surface area contributed by atoms with E-state index in [9.17, 15) is 9.59 Å². The summed E-state index contributed by atoms with van der Waals surface area (Å²) in [6, 6.07) is 8.96. The summed E-state index contributed by atoms with van der Waals surface area (Å²) in [5.74, 6) is 0.435. The molecule has 1 fully saturated rings. The van der Waals surface area contributed by atoms with Crippen molar-refractivity contribution in [1.29, 1.82) is 0 Å². The molecule has 0 unspecified atom stereocenters. The van der Waals surface area contributed by atoms with Crippen LogP contribution in [0.2, 0.25) is 0 Å². The van der Waals surface area contributed by atoms with Gasteiger partial charge in [0.1, 0.15) is 5.69 Å². The van der Waals surface area contributed by atoms with Crippen molar-refractivity contribution in [2.45, 2.75) is 0 Å². The Morgan fingerprint density at radius 1 is 1.00 bits per heavy atom. The van der Waals surface area contributed by atoms with Crippen molar-refractivity contribution in [3.05, 3.63) is 58.9 Å². The number of aromatic amines is 1. The van der Waals surface area contributed by atoms with Gasteiger partial charge in [-0.1, -0.05) is 18.2 Å². The van der Waals surface area contributed by atoms with Gasteiger partial charge in [-0.2, -0.15) is 4.98 Å². The van der Waals surface area contributed by atoms with E-state index >= 15 is 0 Å². The molecule has 1 saturated heterocycles. The number of hydrogen-bond donors (Lipinski definition) is 1. The van der Waals surface area contributed by atoms with Crippen molar-refractivity contribution in [1.82, 2.24) is 24.8 Å². The van der Waals surface area contributed by atoms with E-state index < -0.39 is 5.69 Å². The minimum Gasteiger partial charge on any atom is -0.337 e. The first-order chi connectivity index (χ1) is 12.2. The second-order valence-corrected chi connectivity index (χ2v) is 5.76. The van der Waals surface area contributed by atoms with Gasteiger partial charge in [-0.15, -0.1) is 0 Å². The summed E-state index contributed by atoms with van der Waals surface area (Å²) in [6.45, 7) is 2.33. The lowest BCUT2D eigenvalue weighted by Gasteiger charge is -2.34. The smallest absolute Gasteiger partial charge is 0.337 e. The van der Waals surface area contributed by atoms with E-state index in [1.807, 2.05) is 17.0 Å². The van der Waals surface area contributed by atoms with Crippen LogP contribution in [0.1, 0.15) is 10.5 Å². The first kappa shape index (κ1) is 15.3. The average molecular weight is 336 g/mol. The number of nitrogens with one attached hydrogen (secondary N) is 1. The van der Waals surface area contributed by atoms with Crippen molar-refractivity contribution in [2.24, 2.45) is 0 Å². The van der Waals surface area contributed by atoms with Crippen molar-refractivity contribution >= 4 is 22.8 Å². The standard InChI is InChI=1S/C17H16N6O2/c24-15(14-12-4-1-2-5-13(12)20-17(25)21-14)22-8-10-23(11-9-22)16-18-6-3-7-19-16/h1-7H,8-11H2,(H,20,21,25). The molecule has 8 nitrogen and oxygen atoms in total. The number of piperazine rings is 1. The number of nitrogens with zero attached hydrogens (tertiary/aromatic N) is 5. The van der Waals surface area contributed by atoms with E-state index in [1.165, 1.54) is 0 Å². The molecule has 0 atom stereocenters. The molecule has 0 saturated carbocycles. The molecular weight excluding hydrogens is 320 g/mol. The monoisotopic (exact) mass is 336 g/mol. The Morgan fingerprint density at radius 3 is 2.48 bits per heavy atom. The quantitative estimate of drug-likeness (QED) is 0.739. The molecular formula is C17H16N6O2. The minimum absolute atomic E-state index is 0.198. The molecule has 0 radical (unpaired) electrons. The molecule has 1 aliphatic heterocycles. The zero-order valence-electron chi connectivity index (χ0n) is 13.4. The Labute approximate surface area is 143 Å². The Bertz CT molecular complexity index is 964. The highest BCUT2D eigenvalue weighted by molar-refractivity contribution is 6.04. The number of carbonyl (C=O) groups is 1. The number of amides is 1. The summed E-state index contributed by atoms with van der Waals surface area (Å²) in [5, 5.41) is 0.654. The number of benzene rings is 1. The van der Waals surface area contributed by atoms with Crippen LogP contribution in [0.3, 0.4) is 0 Å². The molecule has 25 heavy (non-hydrogen) atoms. The van der Waals surface area contributed by atoms with Gasteiger partial charge in [-0.25, -0.2) is 14.8 Å². The maximum Gasteiger partial charge on any atom is 0.346 e. The maximum atomic E-state index is 12.9. The van der Waals surface area contributed by atoms with Gasteiger partial charge in [0.2, 0.25) is 5.95 Å². The highest BCUT2D eigenvalue weighted by Crippen LogP contribution is 2.17. The summed E-state index contributed by atoms with van der Waals surface area (Å²) in [4.78, 5) is 43.4. The van der Waals surface area contributed by atoms with E-state index in [2.05, 4.69) is 19.9 Å². The summed E-state index contributed by atoms with van der Waals surface area (Å²) in [7, 11) is 0. The fourth-order valence-electron chi connectivity index (χ4n) is 2.98. The van der Waals surface area contributed by atoms with Gasteiger partial charge in [-0.3, -0.25) is 4.79 Å². The van der Waals surface area contributed by atoms with Gasteiger partial charge < -0.3 is 14.8 Å². The van der Waals surface area contributed by atoms with Crippen LogP contribution in [0.25, 0.3) is 10.9 Å². The number of rotatable bonds is 2. The van der Waals surface area contributed by atoms with Crippen molar-refractivity contribution < 1.29 is 4.79 Å². The van der Waals surface area contributed by atoms with Crippen LogP contribution in [0, 0.1) is 0 Å². The maximum absolute atomic E-state index is 12.9. The normalized spacial score (nSPS) is 14.7. The average Bonchev–Trinajstić information content (AvgIpc) is 2.67. The van der Waals surface area contributed by atoms with Crippen LogP contribution >= 0.6 is 0 Å². The molecule has 0 bridgehead atoms. The summed E-state index contributed by atoms with van der Waals surface area (Å²) >= 11 is 0. The zero-order valence-corrected chi connectivity index (χ0v) is 13.4. The Kier molecular flexibility index (Phi) is 3.85. The molecule has 1 aromatic carbocycles. The van der Waals surface area contributed by atoms with Crippen LogP contribution in [0.15, 0.2) is 47.5 Å². The fraction of sp³-hybridized carbons (Fsp3) is 0.235. The Hall–Kier alpha value is -3.29. The van der Waals surface area contributed by atoms with Crippen LogP contribution in [-0.2, 0) is 0 Å². The first-order valence-electron chi connectivity index (χ1n) is 8.03. The zero-order chi connectivity index (χ0) is 17.2. The summed E-state index contributed by atoms with van der Waals surface area (Å²) in [5.41, 5.74) is 0.296. The number of hydrogen-bond acceptors (Lipinski definition) is 6. The van der Waals surface area contributed by atoms with E-state index in [1.54, 1.807) is 35.5 Å². The van der Waals surface area contributed by atoms with Gasteiger partial charge in [-0.05, 0) is 12.1 Å². The molecule has 4 rings (SSSR count). The minimum atomic E-state index is -0.515. The number of carbonyl (C=O) groups excluding carboxylic acids is 1. The van der Waals surface area contributed by atoms with E-state index in [0.717, 1.165) is 0 Å². The Morgan fingerprint density at radius 2 is 1.72 bits per heavy atom. The predicted molar refractivity (Wildman–Crippen MR) is 92.5 cm³/mol. The van der Waals surface area contributed by atoms with Gasteiger partial charge in [0, 0.05) is 44.0 Å². The number of para-hydroxylation sites is 1. The Balaban J connectivity index is 1.56. The van der Waals surface area contributed by atoms with Gasteiger partial charge in [0.05, 0.1) is 5.52 Å². The molecule has 1 N–H and O–H groups in total. The lowest BCUT2D eigenvalue weighted by molar-refractivity contribution is 0.0742. The van der Waals surface area contributed by atoms with Crippen molar-refractivity contribution in [3.63, 3.8) is 0 Å². The lowest BCUT2D eigenvalue weighted by Crippen LogP contribution is -2.49. The summed E-state index contributed by atoms with van der Waals surface area (Å²) in [6.07, 6.45) is 3.40. The number of anilines is 1. The third kappa shape index (κ3) is 2.93. The van der Waals surface area contributed by atoms with Crippen molar-refractivity contribution in [3.8, 4) is 0 Å². The largest absolute Gasteiger partial charge is 0.346 e. The number of aromatic nitrogens is 4. The second-order valence-electron chi connectivity index (χ2n) is 5.76. The van der Waals surface area contributed by atoms with Crippen LogP contribution in [0.4, 0.5) is 5.95 Å². The van der Waals surface area contributed by atoms with Gasteiger partial charge >= 0.3 is 5.69 Å². The van der Waals surface area contributed by atoms with E-state index in [4.69, 9.17) is 0 Å². The van der Waals surface area contributed by atoms with Crippen LogP contribution < -0.4 is 10.6 Å². The summed E-state index contributed by atoms with van der Waals surface area (Å²) < 4.78 is 0. The topological polar surface area (TPSA) is 95.1 Å². The predicted octanol–water partition coefficient (Wildman–Crippen LogP) is 0.675.